The summed E-state index contributed by atoms with van der Waals surface area (Å²) in [5, 5.41) is 0. The van der Waals surface area contributed by atoms with Crippen LogP contribution in [0.2, 0.25) is 0 Å². The van der Waals surface area contributed by atoms with Gasteiger partial charge in [0.05, 0.1) is 0 Å². The topological polar surface area (TPSA) is 23.6 Å². The van der Waals surface area contributed by atoms with Gasteiger partial charge in [-0.25, -0.2) is 0 Å². The summed E-state index contributed by atoms with van der Waals surface area (Å²) in [7, 11) is 0. The van der Waals surface area contributed by atoms with E-state index >= 15 is 0 Å². The van der Waals surface area contributed by atoms with Crippen LogP contribution in [0.1, 0.15) is 31.2 Å². The van der Waals surface area contributed by atoms with Crippen molar-refractivity contribution in [2.45, 2.75) is 38.3 Å². The Kier molecular flexibility index (Phi) is 4.48. The largest absolute Gasteiger partial charge is 0.300 e. The average molecular weight is 272 g/mol. The molecule has 1 aromatic carbocycles. The van der Waals surface area contributed by atoms with Gasteiger partial charge in [0.15, 0.2) is 0 Å². The summed E-state index contributed by atoms with van der Waals surface area (Å²) in [6.07, 6.45) is 4.09. The van der Waals surface area contributed by atoms with Crippen LogP contribution in [0, 0.1) is 0 Å². The standard InChI is InChI=1S/C17H24N2O/c20-17-8-11-19(12-9-17)16-7-4-10-18(14-16)13-15-5-2-1-3-6-15/h1-3,5-6,16H,4,7-14H2. The van der Waals surface area contributed by atoms with Crippen molar-refractivity contribution in [3.05, 3.63) is 35.9 Å². The second kappa shape index (κ2) is 6.51. The summed E-state index contributed by atoms with van der Waals surface area (Å²) in [6, 6.07) is 11.4. The molecule has 2 saturated heterocycles. The molecule has 1 aromatic rings. The second-order valence-electron chi connectivity index (χ2n) is 6.09. The van der Waals surface area contributed by atoms with E-state index in [1.807, 2.05) is 0 Å². The highest BCUT2D eigenvalue weighted by atomic mass is 16.1. The van der Waals surface area contributed by atoms with E-state index in [4.69, 9.17) is 0 Å². The molecule has 2 aliphatic rings. The van der Waals surface area contributed by atoms with Crippen molar-refractivity contribution >= 4 is 5.78 Å². The van der Waals surface area contributed by atoms with E-state index in [1.165, 1.54) is 24.9 Å². The van der Waals surface area contributed by atoms with Crippen LogP contribution in [-0.4, -0.2) is 47.8 Å². The maximum atomic E-state index is 11.4. The van der Waals surface area contributed by atoms with Gasteiger partial charge in [0.25, 0.3) is 0 Å². The summed E-state index contributed by atoms with van der Waals surface area (Å²) in [6.45, 7) is 5.37. The molecule has 3 nitrogen and oxygen atoms in total. The van der Waals surface area contributed by atoms with Gasteiger partial charge in [-0.2, -0.15) is 0 Å². The number of likely N-dealkylation sites (tertiary alicyclic amines) is 2. The van der Waals surface area contributed by atoms with E-state index in [0.717, 1.165) is 39.0 Å². The minimum atomic E-state index is 0.443. The zero-order valence-corrected chi connectivity index (χ0v) is 12.1. The van der Waals surface area contributed by atoms with E-state index in [1.54, 1.807) is 0 Å². The molecule has 1 atom stereocenters. The molecule has 108 valence electrons. The van der Waals surface area contributed by atoms with Crippen molar-refractivity contribution in [1.82, 2.24) is 9.80 Å². The van der Waals surface area contributed by atoms with Crippen molar-refractivity contribution in [3.8, 4) is 0 Å². The lowest BCUT2D eigenvalue weighted by atomic mass is 10.00. The third-order valence-electron chi connectivity index (χ3n) is 4.60. The summed E-state index contributed by atoms with van der Waals surface area (Å²) in [4.78, 5) is 16.5. The molecule has 0 bridgehead atoms. The monoisotopic (exact) mass is 272 g/mol. The molecule has 2 fully saturated rings. The van der Waals surface area contributed by atoms with Crippen molar-refractivity contribution in [3.63, 3.8) is 0 Å². The number of nitrogens with zero attached hydrogens (tertiary/aromatic N) is 2. The second-order valence-corrected chi connectivity index (χ2v) is 6.09. The molecule has 1 unspecified atom stereocenters. The van der Waals surface area contributed by atoms with Crippen LogP contribution in [0.25, 0.3) is 0 Å². The number of rotatable bonds is 3. The quantitative estimate of drug-likeness (QED) is 0.843. The lowest BCUT2D eigenvalue weighted by Crippen LogP contribution is -2.50. The van der Waals surface area contributed by atoms with Gasteiger partial charge < -0.3 is 0 Å². The van der Waals surface area contributed by atoms with E-state index < -0.39 is 0 Å². The first-order chi connectivity index (χ1) is 9.81. The van der Waals surface area contributed by atoms with Gasteiger partial charge in [-0.15, -0.1) is 0 Å². The molecular formula is C17H24N2O. The third-order valence-corrected chi connectivity index (χ3v) is 4.60. The molecule has 2 aliphatic heterocycles. The number of ketones is 1. The van der Waals surface area contributed by atoms with Gasteiger partial charge in [-0.1, -0.05) is 30.3 Å². The fraction of sp³-hybridized carbons (Fsp3) is 0.588. The molecule has 20 heavy (non-hydrogen) atoms. The summed E-state index contributed by atoms with van der Waals surface area (Å²) < 4.78 is 0. The average Bonchev–Trinajstić information content (AvgIpc) is 2.49. The molecule has 0 saturated carbocycles. The molecular weight excluding hydrogens is 248 g/mol. The molecule has 3 heteroatoms. The summed E-state index contributed by atoms with van der Waals surface area (Å²) in [5.74, 6) is 0.443. The minimum Gasteiger partial charge on any atom is -0.300 e. The predicted molar refractivity (Wildman–Crippen MR) is 80.6 cm³/mol. The zero-order valence-electron chi connectivity index (χ0n) is 12.1. The van der Waals surface area contributed by atoms with Gasteiger partial charge in [-0.3, -0.25) is 14.6 Å². The lowest BCUT2D eigenvalue weighted by Gasteiger charge is -2.40. The van der Waals surface area contributed by atoms with Crippen molar-refractivity contribution in [1.29, 1.82) is 0 Å². The number of hydrogen-bond donors (Lipinski definition) is 0. The molecule has 0 spiro atoms. The zero-order chi connectivity index (χ0) is 13.8. The van der Waals surface area contributed by atoms with Crippen molar-refractivity contribution in [2.24, 2.45) is 0 Å². The van der Waals surface area contributed by atoms with Gasteiger partial charge in [0.2, 0.25) is 0 Å². The number of hydrogen-bond acceptors (Lipinski definition) is 3. The summed E-state index contributed by atoms with van der Waals surface area (Å²) >= 11 is 0. The first-order valence-corrected chi connectivity index (χ1v) is 7.83. The highest BCUT2D eigenvalue weighted by Crippen LogP contribution is 2.20. The van der Waals surface area contributed by atoms with Crippen LogP contribution in [0.4, 0.5) is 0 Å². The van der Waals surface area contributed by atoms with Crippen LogP contribution in [0.3, 0.4) is 0 Å². The fourth-order valence-corrected chi connectivity index (χ4v) is 3.45. The molecule has 0 N–H and O–H groups in total. The Morgan fingerprint density at radius 3 is 2.55 bits per heavy atom. The van der Waals surface area contributed by atoms with E-state index in [-0.39, 0.29) is 0 Å². The predicted octanol–water partition coefficient (Wildman–Crippen LogP) is 2.32. The van der Waals surface area contributed by atoms with Crippen molar-refractivity contribution in [2.75, 3.05) is 26.2 Å². The van der Waals surface area contributed by atoms with Crippen LogP contribution in [0.5, 0.6) is 0 Å². The molecule has 2 heterocycles. The summed E-state index contributed by atoms with van der Waals surface area (Å²) in [5.41, 5.74) is 1.40. The van der Waals surface area contributed by atoms with Gasteiger partial charge in [0.1, 0.15) is 5.78 Å². The third kappa shape index (κ3) is 3.47. The Labute approximate surface area is 121 Å². The highest BCUT2D eigenvalue weighted by molar-refractivity contribution is 5.79. The highest BCUT2D eigenvalue weighted by Gasteiger charge is 2.27. The molecule has 3 rings (SSSR count). The van der Waals surface area contributed by atoms with Gasteiger partial charge in [-0.05, 0) is 24.9 Å². The van der Waals surface area contributed by atoms with Gasteiger partial charge >= 0.3 is 0 Å². The molecule has 0 aromatic heterocycles. The Morgan fingerprint density at radius 2 is 1.80 bits per heavy atom. The SMILES string of the molecule is O=C1CCN(C2CCCN(Cc3ccccc3)C2)CC1. The van der Waals surface area contributed by atoms with E-state index in [0.29, 0.717) is 11.8 Å². The smallest absolute Gasteiger partial charge is 0.135 e. The number of Topliss-reactive ketones (excluding diaryl/α,β-unsaturated/α-hetero) is 1. The van der Waals surface area contributed by atoms with Crippen LogP contribution < -0.4 is 0 Å². The number of piperidine rings is 2. The number of carbonyl (C=O) groups is 1. The Morgan fingerprint density at radius 1 is 1.05 bits per heavy atom. The maximum Gasteiger partial charge on any atom is 0.135 e. The molecule has 0 radical (unpaired) electrons. The van der Waals surface area contributed by atoms with Crippen LogP contribution in [0.15, 0.2) is 30.3 Å². The number of carbonyl (C=O) groups excluding carboxylic acids is 1. The Hall–Kier alpha value is -1.19. The van der Waals surface area contributed by atoms with Crippen molar-refractivity contribution < 1.29 is 4.79 Å². The Bertz CT molecular complexity index is 436. The first kappa shape index (κ1) is 13.8. The lowest BCUT2D eigenvalue weighted by molar-refractivity contribution is -0.122. The van der Waals surface area contributed by atoms with E-state index in [9.17, 15) is 4.79 Å². The van der Waals surface area contributed by atoms with Crippen LogP contribution >= 0.6 is 0 Å². The fourth-order valence-electron chi connectivity index (χ4n) is 3.45. The molecule has 0 amide bonds. The minimum absolute atomic E-state index is 0.443. The maximum absolute atomic E-state index is 11.4. The first-order valence-electron chi connectivity index (χ1n) is 7.83. The Balaban J connectivity index is 1.55. The van der Waals surface area contributed by atoms with E-state index in [2.05, 4.69) is 40.1 Å². The molecule has 0 aliphatic carbocycles. The normalized spacial score (nSPS) is 25.8. The number of benzene rings is 1. The van der Waals surface area contributed by atoms with Gasteiger partial charge in [0, 0.05) is 45.1 Å². The van der Waals surface area contributed by atoms with Crippen LogP contribution in [-0.2, 0) is 11.3 Å².